The van der Waals surface area contributed by atoms with Crippen LogP contribution in [0.1, 0.15) is 27.2 Å². The third-order valence-electron chi connectivity index (χ3n) is 3.68. The number of ether oxygens (including phenoxy) is 1. The largest absolute Gasteiger partial charge is 0.378 e. The topological polar surface area (TPSA) is 64.4 Å². The molecule has 0 bridgehead atoms. The summed E-state index contributed by atoms with van der Waals surface area (Å²) in [6, 6.07) is 0. The average molecular weight is 261 g/mol. The second kappa shape index (κ2) is 4.96. The molecule has 1 fully saturated rings. The van der Waals surface area contributed by atoms with Gasteiger partial charge in [-0.15, -0.1) is 0 Å². The van der Waals surface area contributed by atoms with Crippen LogP contribution in [0.15, 0.2) is 11.6 Å². The summed E-state index contributed by atoms with van der Waals surface area (Å²) < 4.78 is 5.56. The summed E-state index contributed by atoms with van der Waals surface area (Å²) in [6.07, 6.45) is 0.566. The molecule has 1 aliphatic rings. The van der Waals surface area contributed by atoms with Crippen LogP contribution in [0, 0.1) is 5.41 Å². The smallest absolute Gasteiger partial charge is 0.241 e. The maximum atomic E-state index is 12.0. The molecule has 5 heteroatoms. The van der Waals surface area contributed by atoms with E-state index in [9.17, 15) is 4.79 Å². The van der Waals surface area contributed by atoms with Crippen molar-refractivity contribution < 1.29 is 9.53 Å². The fraction of sp³-hybridized carbons (Fsp3) is 0.750. The van der Waals surface area contributed by atoms with Crippen molar-refractivity contribution in [2.24, 2.45) is 11.1 Å². The van der Waals surface area contributed by atoms with Gasteiger partial charge in [-0.25, -0.2) is 0 Å². The molecule has 0 aromatic rings. The minimum atomic E-state index is -0.890. The molecule has 0 saturated heterocycles. The first-order valence-electron chi connectivity index (χ1n) is 5.77. The molecule has 0 heterocycles. The van der Waals surface area contributed by atoms with Crippen LogP contribution >= 0.6 is 11.6 Å². The van der Waals surface area contributed by atoms with E-state index in [1.165, 1.54) is 0 Å². The average Bonchev–Trinajstić information content (AvgIpc) is 2.25. The van der Waals surface area contributed by atoms with Crippen LogP contribution in [-0.2, 0) is 9.53 Å². The molecule has 1 saturated carbocycles. The Labute approximate surface area is 108 Å². The molecule has 4 nitrogen and oxygen atoms in total. The van der Waals surface area contributed by atoms with E-state index in [0.29, 0.717) is 18.1 Å². The minimum Gasteiger partial charge on any atom is -0.378 e. The third-order valence-corrected chi connectivity index (χ3v) is 3.81. The first kappa shape index (κ1) is 14.5. The number of nitrogens with one attached hydrogen (secondary N) is 1. The van der Waals surface area contributed by atoms with Crippen LogP contribution in [0.5, 0.6) is 0 Å². The van der Waals surface area contributed by atoms with E-state index < -0.39 is 5.54 Å². The highest BCUT2D eigenvalue weighted by Crippen LogP contribution is 2.49. The first-order chi connectivity index (χ1) is 7.75. The molecule has 0 radical (unpaired) electrons. The molecule has 2 unspecified atom stereocenters. The van der Waals surface area contributed by atoms with Crippen molar-refractivity contribution in [3.8, 4) is 0 Å². The quantitative estimate of drug-likeness (QED) is 0.785. The van der Waals surface area contributed by atoms with E-state index in [2.05, 4.69) is 11.9 Å². The van der Waals surface area contributed by atoms with Crippen molar-refractivity contribution in [1.29, 1.82) is 0 Å². The van der Waals surface area contributed by atoms with Gasteiger partial charge in [-0.05, 0) is 6.92 Å². The predicted octanol–water partition coefficient (Wildman–Crippen LogP) is 1.39. The maximum Gasteiger partial charge on any atom is 0.241 e. The van der Waals surface area contributed by atoms with Gasteiger partial charge in [0.2, 0.25) is 5.91 Å². The molecule has 0 spiro atoms. The number of halogens is 1. The molecule has 1 amide bonds. The van der Waals surface area contributed by atoms with Gasteiger partial charge >= 0.3 is 0 Å². The number of hydrogen-bond acceptors (Lipinski definition) is 3. The van der Waals surface area contributed by atoms with Crippen LogP contribution in [0.25, 0.3) is 0 Å². The number of amides is 1. The summed E-state index contributed by atoms with van der Waals surface area (Å²) >= 11 is 5.61. The van der Waals surface area contributed by atoms with Gasteiger partial charge in [0.1, 0.15) is 5.54 Å². The Morgan fingerprint density at radius 1 is 1.65 bits per heavy atom. The highest BCUT2D eigenvalue weighted by atomic mass is 35.5. The Hall–Kier alpha value is -0.580. The van der Waals surface area contributed by atoms with Gasteiger partial charge in [-0.1, -0.05) is 32.0 Å². The lowest BCUT2D eigenvalue weighted by molar-refractivity contribution is -0.170. The van der Waals surface area contributed by atoms with Gasteiger partial charge in [0.05, 0.1) is 12.6 Å². The molecule has 98 valence electrons. The Balaban J connectivity index is 2.65. The predicted molar refractivity (Wildman–Crippen MR) is 68.7 cm³/mol. The number of hydrogen-bond donors (Lipinski definition) is 2. The fourth-order valence-electron chi connectivity index (χ4n) is 2.15. The zero-order valence-electron chi connectivity index (χ0n) is 10.7. The van der Waals surface area contributed by atoms with Gasteiger partial charge < -0.3 is 15.8 Å². The van der Waals surface area contributed by atoms with E-state index >= 15 is 0 Å². The zero-order valence-corrected chi connectivity index (χ0v) is 11.4. The molecule has 0 aromatic heterocycles. The molecule has 17 heavy (non-hydrogen) atoms. The Morgan fingerprint density at radius 2 is 2.24 bits per heavy atom. The molecular weight excluding hydrogens is 240 g/mol. The highest BCUT2D eigenvalue weighted by Gasteiger charge is 2.62. The standard InChI is InChI=1S/C12H21ClN2O2/c1-5-17-9-6-12(14,11(9,3)4)10(16)15-7-8(2)13/h9H,2,5-7,14H2,1,3-4H3,(H,15,16). The SMILES string of the molecule is C=C(Cl)CNC(=O)C1(N)CC(OCC)C1(C)C. The van der Waals surface area contributed by atoms with Crippen LogP contribution in [-0.4, -0.2) is 30.7 Å². The van der Waals surface area contributed by atoms with Crippen LogP contribution in [0.4, 0.5) is 0 Å². The van der Waals surface area contributed by atoms with Crippen molar-refractivity contribution in [2.45, 2.75) is 38.8 Å². The lowest BCUT2D eigenvalue weighted by Crippen LogP contribution is -2.75. The molecule has 2 atom stereocenters. The minimum absolute atomic E-state index is 0.0300. The Morgan fingerprint density at radius 3 is 2.65 bits per heavy atom. The molecule has 1 rings (SSSR count). The second-order valence-electron chi connectivity index (χ2n) is 5.04. The lowest BCUT2D eigenvalue weighted by Gasteiger charge is -2.57. The van der Waals surface area contributed by atoms with Crippen LogP contribution < -0.4 is 11.1 Å². The van der Waals surface area contributed by atoms with Crippen molar-refractivity contribution >= 4 is 17.5 Å². The Bertz CT molecular complexity index is 330. The summed E-state index contributed by atoms with van der Waals surface area (Å²) in [7, 11) is 0. The van der Waals surface area contributed by atoms with Gasteiger partial charge in [-0.2, -0.15) is 0 Å². The molecular formula is C12H21ClN2O2. The molecule has 0 aliphatic heterocycles. The van der Waals surface area contributed by atoms with Crippen molar-refractivity contribution in [2.75, 3.05) is 13.2 Å². The second-order valence-corrected chi connectivity index (χ2v) is 5.58. The first-order valence-corrected chi connectivity index (χ1v) is 6.15. The summed E-state index contributed by atoms with van der Waals surface area (Å²) in [5.41, 5.74) is 4.90. The maximum absolute atomic E-state index is 12.0. The highest BCUT2D eigenvalue weighted by molar-refractivity contribution is 6.29. The van der Waals surface area contributed by atoms with Crippen molar-refractivity contribution in [3.63, 3.8) is 0 Å². The number of rotatable bonds is 5. The fourth-order valence-corrected chi connectivity index (χ4v) is 2.22. The van der Waals surface area contributed by atoms with Crippen molar-refractivity contribution in [3.05, 3.63) is 11.6 Å². The van der Waals surface area contributed by atoms with E-state index in [4.69, 9.17) is 22.1 Å². The number of carbonyl (C=O) groups is 1. The van der Waals surface area contributed by atoms with Gasteiger partial charge in [-0.3, -0.25) is 4.79 Å². The summed E-state index contributed by atoms with van der Waals surface area (Å²) in [5, 5.41) is 3.08. The number of nitrogens with two attached hydrogens (primary N) is 1. The number of carbonyl (C=O) groups excluding carboxylic acids is 1. The molecule has 0 aromatic carbocycles. The van der Waals surface area contributed by atoms with Gasteiger partial charge in [0.25, 0.3) is 0 Å². The van der Waals surface area contributed by atoms with E-state index in [1.54, 1.807) is 0 Å². The van der Waals surface area contributed by atoms with Crippen LogP contribution in [0.2, 0.25) is 0 Å². The van der Waals surface area contributed by atoms with Crippen LogP contribution in [0.3, 0.4) is 0 Å². The van der Waals surface area contributed by atoms with Gasteiger partial charge in [0.15, 0.2) is 0 Å². The zero-order chi connectivity index (χ0) is 13.3. The summed E-state index contributed by atoms with van der Waals surface area (Å²) in [6.45, 7) is 10.2. The van der Waals surface area contributed by atoms with E-state index in [-0.39, 0.29) is 24.0 Å². The monoisotopic (exact) mass is 260 g/mol. The lowest BCUT2D eigenvalue weighted by atomic mass is 9.54. The molecule has 1 aliphatic carbocycles. The van der Waals surface area contributed by atoms with Crippen molar-refractivity contribution in [1.82, 2.24) is 5.32 Å². The summed E-state index contributed by atoms with van der Waals surface area (Å²) in [5.74, 6) is -0.194. The molecule has 3 N–H and O–H groups in total. The third kappa shape index (κ3) is 2.49. The summed E-state index contributed by atoms with van der Waals surface area (Å²) in [4.78, 5) is 12.0. The van der Waals surface area contributed by atoms with Gasteiger partial charge in [0, 0.05) is 23.5 Å². The normalized spacial score (nSPS) is 30.5. The van der Waals surface area contributed by atoms with E-state index in [0.717, 1.165) is 0 Å². The van der Waals surface area contributed by atoms with E-state index in [1.807, 2.05) is 20.8 Å². The Kier molecular flexibility index (Phi) is 4.23.